The van der Waals surface area contributed by atoms with E-state index in [0.29, 0.717) is 25.2 Å². The molecule has 0 radical (unpaired) electrons. The van der Waals surface area contributed by atoms with Gasteiger partial charge in [0.05, 0.1) is 6.07 Å². The van der Waals surface area contributed by atoms with Crippen LogP contribution in [0.2, 0.25) is 0 Å². The molecule has 17 heavy (non-hydrogen) atoms. The van der Waals surface area contributed by atoms with Crippen LogP contribution in [0.3, 0.4) is 0 Å². The summed E-state index contributed by atoms with van der Waals surface area (Å²) < 4.78 is 15.8. The lowest BCUT2D eigenvalue weighted by molar-refractivity contribution is -0.152. The summed E-state index contributed by atoms with van der Waals surface area (Å²) in [4.78, 5) is 11.3. The molecule has 0 amide bonds. The Morgan fingerprint density at radius 2 is 1.88 bits per heavy atom. The van der Waals surface area contributed by atoms with Crippen LogP contribution < -0.4 is 5.63 Å². The van der Waals surface area contributed by atoms with Gasteiger partial charge in [0.15, 0.2) is 5.76 Å². The Labute approximate surface area is 100.0 Å². The van der Waals surface area contributed by atoms with Crippen molar-refractivity contribution in [3.63, 3.8) is 0 Å². The maximum Gasteiger partial charge on any atom is 0.339 e. The summed E-state index contributed by atoms with van der Waals surface area (Å²) in [5, 5.41) is 9.69. The predicted octanol–water partition coefficient (Wildman–Crippen LogP) is 1.98. The molecule has 0 aliphatic rings. The van der Waals surface area contributed by atoms with E-state index >= 15 is 0 Å². The summed E-state index contributed by atoms with van der Waals surface area (Å²) in [6.07, 6.45) is -0.221. The van der Waals surface area contributed by atoms with E-state index < -0.39 is 11.9 Å². The Kier molecular flexibility index (Phi) is 5.18. The van der Waals surface area contributed by atoms with Crippen molar-refractivity contribution in [3.05, 3.63) is 27.8 Å². The van der Waals surface area contributed by atoms with Gasteiger partial charge in [-0.2, -0.15) is 0 Å². The third kappa shape index (κ3) is 3.31. The van der Waals surface area contributed by atoms with Gasteiger partial charge in [0.2, 0.25) is 6.29 Å². The molecular formula is C12H18O5. The number of hydrogen-bond acceptors (Lipinski definition) is 5. The van der Waals surface area contributed by atoms with Gasteiger partial charge in [-0.25, -0.2) is 4.79 Å². The third-order valence-electron chi connectivity index (χ3n) is 2.28. The van der Waals surface area contributed by atoms with Gasteiger partial charge in [-0.05, 0) is 20.3 Å². The molecule has 0 bridgehead atoms. The first kappa shape index (κ1) is 13.7. The largest absolute Gasteiger partial charge is 0.507 e. The molecule has 0 aliphatic heterocycles. The van der Waals surface area contributed by atoms with E-state index in [9.17, 15) is 9.90 Å². The highest BCUT2D eigenvalue weighted by Gasteiger charge is 2.21. The van der Waals surface area contributed by atoms with Gasteiger partial charge < -0.3 is 19.0 Å². The Morgan fingerprint density at radius 1 is 1.29 bits per heavy atom. The van der Waals surface area contributed by atoms with Crippen molar-refractivity contribution in [3.8, 4) is 5.75 Å². The van der Waals surface area contributed by atoms with Crippen LogP contribution in [0.25, 0.3) is 0 Å². The lowest BCUT2D eigenvalue weighted by Crippen LogP contribution is -2.14. The first-order valence-corrected chi connectivity index (χ1v) is 5.73. The van der Waals surface area contributed by atoms with E-state index in [1.165, 1.54) is 0 Å². The van der Waals surface area contributed by atoms with Crippen LogP contribution in [0.1, 0.15) is 38.4 Å². The van der Waals surface area contributed by atoms with E-state index in [1.807, 2.05) is 20.8 Å². The Bertz CT molecular complexity index is 404. The molecule has 5 heteroatoms. The molecule has 0 unspecified atom stereocenters. The van der Waals surface area contributed by atoms with Crippen molar-refractivity contribution >= 4 is 0 Å². The summed E-state index contributed by atoms with van der Waals surface area (Å²) in [5.74, 6) is 0.171. The normalized spacial score (nSPS) is 11.1. The molecule has 0 saturated heterocycles. The zero-order chi connectivity index (χ0) is 12.8. The molecule has 0 spiro atoms. The minimum Gasteiger partial charge on any atom is -0.507 e. The average molecular weight is 242 g/mol. The number of ether oxygens (including phenoxy) is 2. The summed E-state index contributed by atoms with van der Waals surface area (Å²) >= 11 is 0. The quantitative estimate of drug-likeness (QED) is 0.772. The van der Waals surface area contributed by atoms with Gasteiger partial charge in [0, 0.05) is 18.8 Å². The number of hydrogen-bond donors (Lipinski definition) is 1. The molecule has 0 fully saturated rings. The van der Waals surface area contributed by atoms with Crippen LogP contribution in [0.5, 0.6) is 5.75 Å². The molecular weight excluding hydrogens is 224 g/mol. The van der Waals surface area contributed by atoms with Crippen molar-refractivity contribution < 1.29 is 19.0 Å². The van der Waals surface area contributed by atoms with Gasteiger partial charge in [-0.15, -0.1) is 0 Å². The van der Waals surface area contributed by atoms with E-state index in [0.717, 1.165) is 6.07 Å². The molecule has 0 saturated carbocycles. The molecule has 1 rings (SSSR count). The summed E-state index contributed by atoms with van der Waals surface area (Å²) in [6.45, 7) is 6.34. The van der Waals surface area contributed by atoms with Gasteiger partial charge in [0.25, 0.3) is 0 Å². The Balaban J connectivity index is 3.20. The van der Waals surface area contributed by atoms with Gasteiger partial charge in [0.1, 0.15) is 5.75 Å². The summed E-state index contributed by atoms with van der Waals surface area (Å²) in [6, 6.07) is 1.05. The highest BCUT2D eigenvalue weighted by molar-refractivity contribution is 5.33. The second-order valence-corrected chi connectivity index (χ2v) is 3.39. The number of aromatic hydroxyl groups is 1. The molecule has 0 aromatic carbocycles. The van der Waals surface area contributed by atoms with Crippen LogP contribution in [0.4, 0.5) is 0 Å². The maximum absolute atomic E-state index is 11.3. The minimum absolute atomic E-state index is 0.0804. The molecule has 1 N–H and O–H groups in total. The zero-order valence-electron chi connectivity index (χ0n) is 10.4. The fourth-order valence-corrected chi connectivity index (χ4v) is 1.57. The van der Waals surface area contributed by atoms with E-state index in [4.69, 9.17) is 13.9 Å². The van der Waals surface area contributed by atoms with Gasteiger partial charge >= 0.3 is 5.63 Å². The third-order valence-corrected chi connectivity index (χ3v) is 2.28. The highest BCUT2D eigenvalue weighted by Crippen LogP contribution is 2.27. The molecule has 0 aliphatic carbocycles. The standard InChI is InChI=1S/C12H18O5/c1-4-8-9(13)7-10(14)17-11(8)12(15-5-2)16-6-3/h7,12-13H,4-6H2,1-3H3. The predicted molar refractivity (Wildman–Crippen MR) is 62.0 cm³/mol. The summed E-state index contributed by atoms with van der Waals surface area (Å²) in [7, 11) is 0. The molecule has 1 heterocycles. The molecule has 5 nitrogen and oxygen atoms in total. The van der Waals surface area contributed by atoms with Crippen LogP contribution in [-0.2, 0) is 15.9 Å². The molecule has 1 aromatic heterocycles. The van der Waals surface area contributed by atoms with Crippen molar-refractivity contribution in [1.82, 2.24) is 0 Å². The Morgan fingerprint density at radius 3 is 2.35 bits per heavy atom. The van der Waals surface area contributed by atoms with Crippen molar-refractivity contribution in [2.45, 2.75) is 33.5 Å². The Hall–Kier alpha value is -1.33. The topological polar surface area (TPSA) is 68.9 Å². The minimum atomic E-state index is -0.750. The fraction of sp³-hybridized carbons (Fsp3) is 0.583. The van der Waals surface area contributed by atoms with Crippen molar-refractivity contribution in [2.24, 2.45) is 0 Å². The number of rotatable bonds is 6. The molecule has 96 valence electrons. The van der Waals surface area contributed by atoms with Crippen LogP contribution in [-0.4, -0.2) is 18.3 Å². The maximum atomic E-state index is 11.3. The van der Waals surface area contributed by atoms with Crippen molar-refractivity contribution in [2.75, 3.05) is 13.2 Å². The lowest BCUT2D eigenvalue weighted by Gasteiger charge is -2.18. The van der Waals surface area contributed by atoms with Crippen LogP contribution in [0.15, 0.2) is 15.3 Å². The average Bonchev–Trinajstić information content (AvgIpc) is 2.28. The molecule has 0 atom stereocenters. The second kappa shape index (κ2) is 6.42. The van der Waals surface area contributed by atoms with E-state index in [-0.39, 0.29) is 11.5 Å². The summed E-state index contributed by atoms with van der Waals surface area (Å²) in [5.41, 5.74) is -0.0735. The molecule has 1 aromatic rings. The highest BCUT2D eigenvalue weighted by atomic mass is 16.7. The monoisotopic (exact) mass is 242 g/mol. The van der Waals surface area contributed by atoms with E-state index in [2.05, 4.69) is 0 Å². The first-order chi connectivity index (χ1) is 8.13. The van der Waals surface area contributed by atoms with Gasteiger partial charge in [-0.3, -0.25) is 0 Å². The van der Waals surface area contributed by atoms with Crippen molar-refractivity contribution in [1.29, 1.82) is 0 Å². The van der Waals surface area contributed by atoms with Crippen LogP contribution in [0, 0.1) is 0 Å². The van der Waals surface area contributed by atoms with Gasteiger partial charge in [-0.1, -0.05) is 6.92 Å². The SMILES string of the molecule is CCOC(OCC)c1oc(=O)cc(O)c1CC. The smallest absolute Gasteiger partial charge is 0.339 e. The zero-order valence-corrected chi connectivity index (χ0v) is 10.4. The fourth-order valence-electron chi connectivity index (χ4n) is 1.57. The van der Waals surface area contributed by atoms with Crippen LogP contribution >= 0.6 is 0 Å². The first-order valence-electron chi connectivity index (χ1n) is 5.73. The second-order valence-electron chi connectivity index (χ2n) is 3.39. The van der Waals surface area contributed by atoms with E-state index in [1.54, 1.807) is 0 Å². The lowest BCUT2D eigenvalue weighted by atomic mass is 10.1.